The summed E-state index contributed by atoms with van der Waals surface area (Å²) in [6.45, 7) is 4.96. The zero-order chi connectivity index (χ0) is 14.5. The van der Waals surface area contributed by atoms with Gasteiger partial charge in [0.05, 0.1) is 0 Å². The van der Waals surface area contributed by atoms with E-state index in [-0.39, 0.29) is 5.82 Å². The third-order valence-corrected chi connectivity index (χ3v) is 3.42. The Labute approximate surface area is 119 Å². The summed E-state index contributed by atoms with van der Waals surface area (Å²) in [6, 6.07) is 11.1. The fourth-order valence-corrected chi connectivity index (χ4v) is 2.12. The van der Waals surface area contributed by atoms with Crippen molar-refractivity contribution in [1.82, 2.24) is 0 Å². The molecule has 2 aromatic rings. The smallest absolute Gasteiger partial charge is 0.165 e. The number of para-hydroxylation sites is 1. The molecule has 0 aliphatic rings. The lowest BCUT2D eigenvalue weighted by atomic mass is 10.1. The van der Waals surface area contributed by atoms with E-state index in [0.717, 1.165) is 11.1 Å². The lowest BCUT2D eigenvalue weighted by Gasteiger charge is -2.12. The quantitative estimate of drug-likeness (QED) is 0.904. The first kappa shape index (κ1) is 14.5. The predicted molar refractivity (Wildman–Crippen MR) is 79.4 cm³/mol. The minimum atomic E-state index is -0.334. The van der Waals surface area contributed by atoms with Gasteiger partial charge in [0.2, 0.25) is 0 Å². The zero-order valence-corrected chi connectivity index (χ0v) is 11.9. The van der Waals surface area contributed by atoms with Crippen LogP contribution in [0.3, 0.4) is 0 Å². The van der Waals surface area contributed by atoms with Gasteiger partial charge in [-0.05, 0) is 55.1 Å². The first-order chi connectivity index (χ1) is 9.61. The molecular formula is C17H20FNO. The first-order valence-corrected chi connectivity index (χ1v) is 6.78. The van der Waals surface area contributed by atoms with Crippen molar-refractivity contribution >= 4 is 0 Å². The Morgan fingerprint density at radius 2 is 1.90 bits per heavy atom. The topological polar surface area (TPSA) is 35.2 Å². The van der Waals surface area contributed by atoms with Crippen molar-refractivity contribution in [3.63, 3.8) is 0 Å². The lowest BCUT2D eigenvalue weighted by Crippen LogP contribution is -2.07. The molecule has 0 saturated heterocycles. The highest BCUT2D eigenvalue weighted by Gasteiger charge is 2.09. The maximum Gasteiger partial charge on any atom is 0.165 e. The maximum atomic E-state index is 13.9. The van der Waals surface area contributed by atoms with Gasteiger partial charge in [-0.25, -0.2) is 4.39 Å². The van der Waals surface area contributed by atoms with Gasteiger partial charge >= 0.3 is 0 Å². The number of ether oxygens (including phenoxy) is 1. The highest BCUT2D eigenvalue weighted by molar-refractivity contribution is 5.36. The van der Waals surface area contributed by atoms with Crippen LogP contribution < -0.4 is 10.5 Å². The van der Waals surface area contributed by atoms with Crippen molar-refractivity contribution in [2.45, 2.75) is 26.9 Å². The average Bonchev–Trinajstić information content (AvgIpc) is 2.42. The van der Waals surface area contributed by atoms with E-state index in [2.05, 4.69) is 26.0 Å². The fraction of sp³-hybridized carbons (Fsp3) is 0.294. The van der Waals surface area contributed by atoms with Crippen LogP contribution in [0.15, 0.2) is 36.4 Å². The van der Waals surface area contributed by atoms with Gasteiger partial charge in [-0.15, -0.1) is 0 Å². The number of rotatable bonds is 5. The monoisotopic (exact) mass is 273 g/mol. The minimum Gasteiger partial charge on any atom is -0.486 e. The lowest BCUT2D eigenvalue weighted by molar-refractivity contribution is 0.287. The van der Waals surface area contributed by atoms with Crippen LogP contribution in [0.2, 0.25) is 0 Å². The highest BCUT2D eigenvalue weighted by Crippen LogP contribution is 2.24. The van der Waals surface area contributed by atoms with E-state index in [1.165, 1.54) is 17.2 Å². The summed E-state index contributed by atoms with van der Waals surface area (Å²) in [5, 5.41) is 0. The van der Waals surface area contributed by atoms with Crippen molar-refractivity contribution in [3.8, 4) is 5.75 Å². The summed E-state index contributed by atoms with van der Waals surface area (Å²) in [4.78, 5) is 0. The number of nitrogens with two attached hydrogens (primary N) is 1. The molecule has 0 saturated carbocycles. The van der Waals surface area contributed by atoms with E-state index in [4.69, 9.17) is 10.5 Å². The summed E-state index contributed by atoms with van der Waals surface area (Å²) < 4.78 is 19.5. The summed E-state index contributed by atoms with van der Waals surface area (Å²) in [7, 11) is 0. The van der Waals surface area contributed by atoms with Gasteiger partial charge in [0.1, 0.15) is 6.61 Å². The molecule has 2 aromatic carbocycles. The van der Waals surface area contributed by atoms with Crippen LogP contribution >= 0.6 is 0 Å². The zero-order valence-electron chi connectivity index (χ0n) is 11.9. The third kappa shape index (κ3) is 3.36. The van der Waals surface area contributed by atoms with Gasteiger partial charge in [0.25, 0.3) is 0 Å². The minimum absolute atomic E-state index is 0.316. The Kier molecular flexibility index (Phi) is 4.74. The van der Waals surface area contributed by atoms with Crippen molar-refractivity contribution in [1.29, 1.82) is 0 Å². The molecule has 0 bridgehead atoms. The van der Waals surface area contributed by atoms with Crippen LogP contribution in [0, 0.1) is 19.7 Å². The molecule has 106 valence electrons. The second kappa shape index (κ2) is 6.53. The van der Waals surface area contributed by atoms with Gasteiger partial charge < -0.3 is 10.5 Å². The van der Waals surface area contributed by atoms with Crippen LogP contribution in [-0.2, 0) is 13.0 Å². The Morgan fingerprint density at radius 1 is 1.10 bits per heavy atom. The van der Waals surface area contributed by atoms with Gasteiger partial charge in [-0.3, -0.25) is 0 Å². The molecule has 0 unspecified atom stereocenters. The SMILES string of the molecule is Cc1ccc(COc2c(F)cccc2CCN)cc1C. The van der Waals surface area contributed by atoms with Crippen molar-refractivity contribution in [2.24, 2.45) is 5.73 Å². The van der Waals surface area contributed by atoms with Gasteiger partial charge in [-0.2, -0.15) is 0 Å². The summed E-state index contributed by atoms with van der Waals surface area (Å²) in [5.41, 5.74) is 9.85. The molecule has 3 heteroatoms. The van der Waals surface area contributed by atoms with E-state index >= 15 is 0 Å². The van der Waals surface area contributed by atoms with Crippen LogP contribution in [0.25, 0.3) is 0 Å². The van der Waals surface area contributed by atoms with Gasteiger partial charge in [-0.1, -0.05) is 30.3 Å². The van der Waals surface area contributed by atoms with E-state index in [1.807, 2.05) is 12.1 Å². The van der Waals surface area contributed by atoms with E-state index in [0.29, 0.717) is 25.3 Å². The second-order valence-corrected chi connectivity index (χ2v) is 4.97. The summed E-state index contributed by atoms with van der Waals surface area (Å²) >= 11 is 0. The Morgan fingerprint density at radius 3 is 2.60 bits per heavy atom. The summed E-state index contributed by atoms with van der Waals surface area (Å²) in [5.74, 6) is -0.0176. The third-order valence-electron chi connectivity index (χ3n) is 3.42. The van der Waals surface area contributed by atoms with Crippen LogP contribution in [0.5, 0.6) is 5.75 Å². The second-order valence-electron chi connectivity index (χ2n) is 4.97. The van der Waals surface area contributed by atoms with E-state index in [1.54, 1.807) is 6.07 Å². The molecule has 0 aliphatic heterocycles. The van der Waals surface area contributed by atoms with Crippen LogP contribution in [0.1, 0.15) is 22.3 Å². The molecule has 20 heavy (non-hydrogen) atoms. The molecule has 0 aromatic heterocycles. The van der Waals surface area contributed by atoms with E-state index < -0.39 is 0 Å². The number of benzene rings is 2. The largest absolute Gasteiger partial charge is 0.486 e. The molecule has 2 N–H and O–H groups in total. The molecule has 0 heterocycles. The molecule has 0 amide bonds. The average molecular weight is 273 g/mol. The van der Waals surface area contributed by atoms with E-state index in [9.17, 15) is 4.39 Å². The normalized spacial score (nSPS) is 10.6. The van der Waals surface area contributed by atoms with Crippen molar-refractivity contribution < 1.29 is 9.13 Å². The van der Waals surface area contributed by atoms with Crippen molar-refractivity contribution in [2.75, 3.05) is 6.54 Å². The summed E-state index contributed by atoms with van der Waals surface area (Å²) in [6.07, 6.45) is 0.611. The molecule has 2 rings (SSSR count). The number of hydrogen-bond donors (Lipinski definition) is 1. The van der Waals surface area contributed by atoms with Crippen molar-refractivity contribution in [3.05, 3.63) is 64.5 Å². The standard InChI is InChI=1S/C17H20FNO/c1-12-6-7-14(10-13(12)2)11-20-17-15(8-9-19)4-3-5-16(17)18/h3-7,10H,8-9,11,19H2,1-2H3. The Bertz CT molecular complexity index is 596. The number of halogens is 1. The number of aryl methyl sites for hydroxylation is 2. The molecule has 0 fully saturated rings. The van der Waals surface area contributed by atoms with Crippen LogP contribution in [0.4, 0.5) is 4.39 Å². The first-order valence-electron chi connectivity index (χ1n) is 6.78. The number of hydrogen-bond acceptors (Lipinski definition) is 2. The Hall–Kier alpha value is -1.87. The molecular weight excluding hydrogens is 253 g/mol. The molecule has 0 radical (unpaired) electrons. The molecule has 0 atom stereocenters. The van der Waals surface area contributed by atoms with Gasteiger partial charge in [0.15, 0.2) is 11.6 Å². The van der Waals surface area contributed by atoms with Crippen LogP contribution in [-0.4, -0.2) is 6.54 Å². The molecule has 2 nitrogen and oxygen atoms in total. The molecule has 0 spiro atoms. The fourth-order valence-electron chi connectivity index (χ4n) is 2.12. The predicted octanol–water partition coefficient (Wildman–Crippen LogP) is 3.52. The molecule has 0 aliphatic carbocycles. The van der Waals surface area contributed by atoms with Gasteiger partial charge in [0, 0.05) is 0 Å². The Balaban J connectivity index is 2.15. The maximum absolute atomic E-state index is 13.9. The highest BCUT2D eigenvalue weighted by atomic mass is 19.1.